The molecule has 19 heteroatoms. The smallest absolute Gasteiger partial charge is 0.352 e. The molecule has 2 atom stereocenters. The van der Waals surface area contributed by atoms with Gasteiger partial charge in [0.05, 0.1) is 0 Å². The van der Waals surface area contributed by atoms with Gasteiger partial charge in [-0.25, -0.2) is 9.48 Å². The van der Waals surface area contributed by atoms with Gasteiger partial charge in [0.2, 0.25) is 16.7 Å². The summed E-state index contributed by atoms with van der Waals surface area (Å²) in [6.45, 7) is 0.796. The number of β-lactam (4-membered cyclic amide) rings is 1. The van der Waals surface area contributed by atoms with Gasteiger partial charge in [-0.1, -0.05) is 22.8 Å². The summed E-state index contributed by atoms with van der Waals surface area (Å²) in [5.41, 5.74) is 11.2. The molecule has 1 saturated heterocycles. The number of amides is 2. The Morgan fingerprint density at radius 3 is 2.92 bits per heavy atom. The number of hydrogen-bond donors (Lipinski definition) is 4. The molecule has 4 rings (SSSR count). The number of carbonyl (C=O) groups is 3. The van der Waals surface area contributed by atoms with Gasteiger partial charge in [0.25, 0.3) is 11.8 Å². The molecule has 0 saturated carbocycles. The molecule has 0 spiro atoms. The molecule has 200 valence electrons. The Morgan fingerprint density at radius 2 is 2.24 bits per heavy atom. The number of oxime groups is 1. The molecule has 0 aliphatic carbocycles. The second-order valence-electron chi connectivity index (χ2n) is 7.61. The number of tetrazole rings is 1. The lowest BCUT2D eigenvalue weighted by Gasteiger charge is -2.49. The minimum absolute atomic E-state index is 0.0961. The van der Waals surface area contributed by atoms with E-state index in [0.29, 0.717) is 36.0 Å². The number of rotatable bonds is 12. The number of aryl methyl sites for hydroxylation is 1. The van der Waals surface area contributed by atoms with Crippen LogP contribution in [-0.4, -0.2) is 99.1 Å². The van der Waals surface area contributed by atoms with Crippen molar-refractivity contribution in [3.8, 4) is 12.3 Å². The normalized spacial score (nSPS) is 19.0. The minimum Gasteiger partial charge on any atom is -0.477 e. The van der Waals surface area contributed by atoms with Crippen LogP contribution in [0.3, 0.4) is 0 Å². The summed E-state index contributed by atoms with van der Waals surface area (Å²) in [6.07, 6.45) is 5.83. The largest absolute Gasteiger partial charge is 0.477 e. The molecule has 6 N–H and O–H groups in total. The van der Waals surface area contributed by atoms with Gasteiger partial charge in [-0.2, -0.15) is 9.36 Å². The van der Waals surface area contributed by atoms with Crippen molar-refractivity contribution in [1.82, 2.24) is 39.8 Å². The van der Waals surface area contributed by atoms with Crippen LogP contribution in [0.15, 0.2) is 21.6 Å². The molecule has 2 amide bonds. The number of carbonyl (C=O) groups excluding carboxylic acids is 2. The van der Waals surface area contributed by atoms with E-state index in [-0.39, 0.29) is 34.7 Å². The van der Waals surface area contributed by atoms with E-state index >= 15 is 0 Å². The zero-order chi connectivity index (χ0) is 27.2. The summed E-state index contributed by atoms with van der Waals surface area (Å²) in [4.78, 5) is 48.1. The number of anilines is 1. The standard InChI is InChI=1S/C19H21N11O5S3/c1-2-6-35-25-10(13-23-18(21)38-26-13)14(31)22-11-15(32)30-12(17(33)34)9(7-36-16(11)30)8-37-19-24-27-28-29(19)5-3-4-20/h1,11,16H,3-8,20H2,(H,22,31)(H,33,34)(H2,21,23,26)/t11?,16-/m1/s1. The molecule has 0 bridgehead atoms. The number of aliphatic carboxylic acids is 1. The Kier molecular flexibility index (Phi) is 8.77. The highest BCUT2D eigenvalue weighted by molar-refractivity contribution is 8.01. The Morgan fingerprint density at radius 1 is 1.42 bits per heavy atom. The fraction of sp³-hybridized carbons (Fsp3) is 0.421. The van der Waals surface area contributed by atoms with Gasteiger partial charge in [0, 0.05) is 29.6 Å². The Labute approximate surface area is 227 Å². The first kappa shape index (κ1) is 27.3. The summed E-state index contributed by atoms with van der Waals surface area (Å²) in [5.74, 6) is 0.0466. The van der Waals surface area contributed by atoms with Gasteiger partial charge in [-0.3, -0.25) is 14.5 Å². The maximum absolute atomic E-state index is 13.0. The van der Waals surface area contributed by atoms with E-state index in [0.717, 1.165) is 11.5 Å². The van der Waals surface area contributed by atoms with Gasteiger partial charge in [0.1, 0.15) is 17.1 Å². The van der Waals surface area contributed by atoms with Crippen molar-refractivity contribution in [1.29, 1.82) is 0 Å². The topological polar surface area (TPSA) is 230 Å². The third-order valence-corrected chi connectivity index (χ3v) is 8.08. The molecule has 2 aliphatic rings. The van der Waals surface area contributed by atoms with Crippen molar-refractivity contribution in [2.24, 2.45) is 10.9 Å². The average molecular weight is 580 g/mol. The maximum atomic E-state index is 13.0. The maximum Gasteiger partial charge on any atom is 0.352 e. The third kappa shape index (κ3) is 5.72. The molecule has 16 nitrogen and oxygen atoms in total. The van der Waals surface area contributed by atoms with E-state index in [1.54, 1.807) is 4.68 Å². The number of carboxylic acids is 1. The molecule has 4 heterocycles. The molecule has 0 aromatic carbocycles. The van der Waals surface area contributed by atoms with E-state index in [9.17, 15) is 19.5 Å². The number of terminal acetylenes is 1. The summed E-state index contributed by atoms with van der Waals surface area (Å²) >= 11 is 3.43. The van der Waals surface area contributed by atoms with Crippen molar-refractivity contribution in [2.45, 2.75) is 29.5 Å². The zero-order valence-electron chi connectivity index (χ0n) is 19.5. The number of nitrogens with one attached hydrogen (secondary N) is 1. The highest BCUT2D eigenvalue weighted by Gasteiger charge is 2.54. The van der Waals surface area contributed by atoms with Crippen LogP contribution in [0.2, 0.25) is 0 Å². The summed E-state index contributed by atoms with van der Waals surface area (Å²) in [6, 6.07) is -1.01. The first-order valence-corrected chi connectivity index (χ1v) is 13.7. The zero-order valence-corrected chi connectivity index (χ0v) is 22.0. The number of nitrogens with zero attached hydrogens (tertiary/aromatic N) is 8. The Hall–Kier alpha value is -3.73. The van der Waals surface area contributed by atoms with Crippen LogP contribution in [0.1, 0.15) is 12.2 Å². The van der Waals surface area contributed by atoms with Crippen LogP contribution < -0.4 is 16.8 Å². The molecule has 2 aromatic rings. The molecule has 2 aromatic heterocycles. The van der Waals surface area contributed by atoms with E-state index in [4.69, 9.17) is 22.7 Å². The van der Waals surface area contributed by atoms with E-state index in [1.165, 1.54) is 28.4 Å². The van der Waals surface area contributed by atoms with Crippen molar-refractivity contribution in [2.75, 3.05) is 30.4 Å². The van der Waals surface area contributed by atoms with Crippen LogP contribution in [0.4, 0.5) is 5.13 Å². The number of hydrogen-bond acceptors (Lipinski definition) is 15. The lowest BCUT2D eigenvalue weighted by atomic mass is 10.0. The lowest BCUT2D eigenvalue weighted by molar-refractivity contribution is -0.150. The quantitative estimate of drug-likeness (QED) is 0.0551. The monoisotopic (exact) mass is 579 g/mol. The predicted molar refractivity (Wildman–Crippen MR) is 138 cm³/mol. The van der Waals surface area contributed by atoms with Crippen LogP contribution in [0, 0.1) is 12.3 Å². The van der Waals surface area contributed by atoms with Gasteiger partial charge in [-0.05, 0) is 29.0 Å². The average Bonchev–Trinajstić information content (AvgIpc) is 3.54. The molecule has 38 heavy (non-hydrogen) atoms. The molecule has 0 radical (unpaired) electrons. The number of aromatic nitrogens is 6. The number of carboxylic acid groups (broad SMARTS) is 1. The molecule has 1 fully saturated rings. The van der Waals surface area contributed by atoms with E-state index in [1.807, 2.05) is 0 Å². The fourth-order valence-corrected chi connectivity index (χ4v) is 6.31. The fourth-order valence-electron chi connectivity index (χ4n) is 3.49. The highest BCUT2D eigenvalue weighted by atomic mass is 32.2. The van der Waals surface area contributed by atoms with E-state index in [2.05, 4.69) is 41.3 Å². The van der Waals surface area contributed by atoms with Crippen molar-refractivity contribution >= 4 is 63.7 Å². The third-order valence-electron chi connectivity index (χ3n) is 5.16. The van der Waals surface area contributed by atoms with Crippen LogP contribution >= 0.6 is 35.1 Å². The molecule has 2 aliphatic heterocycles. The van der Waals surface area contributed by atoms with Gasteiger partial charge < -0.3 is 26.7 Å². The second kappa shape index (κ2) is 12.2. The number of nitrogens with two attached hydrogens (primary N) is 2. The molecular formula is C19H21N11O5S3. The first-order valence-electron chi connectivity index (χ1n) is 10.9. The van der Waals surface area contributed by atoms with Crippen molar-refractivity contribution in [3.05, 3.63) is 17.1 Å². The number of nitrogen functional groups attached to an aromatic ring is 1. The van der Waals surface area contributed by atoms with Gasteiger partial charge in [0.15, 0.2) is 11.7 Å². The van der Waals surface area contributed by atoms with Crippen molar-refractivity contribution in [3.63, 3.8) is 0 Å². The van der Waals surface area contributed by atoms with Crippen LogP contribution in [0.5, 0.6) is 0 Å². The summed E-state index contributed by atoms with van der Waals surface area (Å²) < 4.78 is 5.54. The minimum atomic E-state index is -1.25. The van der Waals surface area contributed by atoms with Crippen molar-refractivity contribution < 1.29 is 24.3 Å². The van der Waals surface area contributed by atoms with Gasteiger partial charge in [-0.15, -0.1) is 23.3 Å². The SMILES string of the molecule is C#CCON=C(C(=O)NC1C(=O)N2C(C(=O)O)=C(CSc3nnnn3CCCN)CS[C@H]12)c1nsc(N)n1. The molecular weight excluding hydrogens is 558 g/mol. The Balaban J connectivity index is 1.47. The van der Waals surface area contributed by atoms with Crippen LogP contribution in [-0.2, 0) is 25.8 Å². The summed E-state index contributed by atoms with van der Waals surface area (Å²) in [5, 5.41) is 27.7. The summed E-state index contributed by atoms with van der Waals surface area (Å²) in [7, 11) is 0. The molecule has 1 unspecified atom stereocenters. The predicted octanol–water partition coefficient (Wildman–Crippen LogP) is -1.66. The number of thioether (sulfide) groups is 2. The Bertz CT molecular complexity index is 1330. The first-order chi connectivity index (χ1) is 18.3. The lowest BCUT2D eigenvalue weighted by Crippen LogP contribution is -2.71. The van der Waals surface area contributed by atoms with Gasteiger partial charge >= 0.3 is 5.97 Å². The van der Waals surface area contributed by atoms with Crippen LogP contribution in [0.25, 0.3) is 0 Å². The van der Waals surface area contributed by atoms with E-state index < -0.39 is 29.2 Å². The second-order valence-corrected chi connectivity index (χ2v) is 10.4. The number of fused-ring (bicyclic) bond motifs is 1. The highest BCUT2D eigenvalue weighted by Crippen LogP contribution is 2.41.